The van der Waals surface area contributed by atoms with Crippen LogP contribution in [0.2, 0.25) is 0 Å². The summed E-state index contributed by atoms with van der Waals surface area (Å²) in [6.45, 7) is 2.83. The average molecular weight is 524 g/mol. The Morgan fingerprint density at radius 2 is 1.69 bits per heavy atom. The van der Waals surface area contributed by atoms with E-state index in [1.807, 2.05) is 36.4 Å². The molecule has 7 nitrogen and oxygen atoms in total. The maximum atomic E-state index is 15.1. The first-order valence-corrected chi connectivity index (χ1v) is 12.8. The van der Waals surface area contributed by atoms with Gasteiger partial charge in [0.2, 0.25) is 0 Å². The average Bonchev–Trinajstić information content (AvgIpc) is 3.34. The van der Waals surface area contributed by atoms with Crippen LogP contribution in [0.25, 0.3) is 11.4 Å². The van der Waals surface area contributed by atoms with Crippen LogP contribution >= 0.6 is 0 Å². The van der Waals surface area contributed by atoms with Crippen molar-refractivity contribution in [2.45, 2.75) is 25.6 Å². The van der Waals surface area contributed by atoms with Gasteiger partial charge in [-0.15, -0.1) is 5.10 Å². The summed E-state index contributed by atoms with van der Waals surface area (Å²) in [6.07, 6.45) is -0.761. The van der Waals surface area contributed by atoms with Crippen molar-refractivity contribution in [2.24, 2.45) is 18.9 Å². The van der Waals surface area contributed by atoms with Gasteiger partial charge < -0.3 is 0 Å². The molecule has 39 heavy (non-hydrogen) atoms. The van der Waals surface area contributed by atoms with Gasteiger partial charge in [0, 0.05) is 20.1 Å². The molecule has 1 saturated heterocycles. The van der Waals surface area contributed by atoms with Crippen LogP contribution in [0.4, 0.5) is 8.78 Å². The number of hydrogen-bond donors (Lipinski definition) is 0. The molecule has 9 heteroatoms. The normalized spacial score (nSPS) is 16.1. The number of tetrazole rings is 1. The highest BCUT2D eigenvalue weighted by Gasteiger charge is 2.40. The van der Waals surface area contributed by atoms with Gasteiger partial charge >= 0.3 is 0 Å². The van der Waals surface area contributed by atoms with E-state index in [-0.39, 0.29) is 17.9 Å². The van der Waals surface area contributed by atoms with E-state index in [0.717, 1.165) is 11.1 Å². The zero-order valence-electron chi connectivity index (χ0n) is 21.7. The van der Waals surface area contributed by atoms with E-state index >= 15 is 4.39 Å². The Bertz CT molecular complexity index is 1540. The van der Waals surface area contributed by atoms with Crippen LogP contribution < -0.4 is 0 Å². The van der Waals surface area contributed by atoms with Crippen molar-refractivity contribution < 1.29 is 8.78 Å². The summed E-state index contributed by atoms with van der Waals surface area (Å²) in [5.74, 6) is -0.431. The molecule has 1 fully saturated rings. The standard InChI is InChI=1S/C30H27F2N7/c1-19(31)26(14-23-6-4-8-27(32)28(23)30-35-36-37-38(30)2)25-17-39(18-25)29(22-11-9-20(15-33)10-12-22)24-7-3-5-21(13-24)16-34/h3-13,19,25-26,29H,14,17-18H2,1-2H3. The molecular formula is C30H27F2N7. The Morgan fingerprint density at radius 1 is 0.974 bits per heavy atom. The van der Waals surface area contributed by atoms with Gasteiger partial charge in [-0.2, -0.15) is 10.5 Å². The number of alkyl halides is 1. The molecule has 0 saturated carbocycles. The Labute approximate surface area is 225 Å². The molecule has 0 amide bonds. The maximum absolute atomic E-state index is 15.1. The van der Waals surface area contributed by atoms with Crippen molar-refractivity contribution in [2.75, 3.05) is 13.1 Å². The fourth-order valence-electron chi connectivity index (χ4n) is 5.55. The molecule has 0 N–H and O–H groups in total. The van der Waals surface area contributed by atoms with Gasteiger partial charge in [-0.1, -0.05) is 36.4 Å². The van der Waals surface area contributed by atoms with Crippen LogP contribution in [0.1, 0.15) is 40.8 Å². The SMILES string of the molecule is CC(F)C(Cc1cccc(F)c1-c1nnnn1C)C1CN(C(c2ccc(C#N)cc2)c2cccc(C#N)c2)C1. The smallest absolute Gasteiger partial charge is 0.184 e. The summed E-state index contributed by atoms with van der Waals surface area (Å²) in [4.78, 5) is 2.26. The van der Waals surface area contributed by atoms with Gasteiger partial charge in [0.25, 0.3) is 0 Å². The quantitative estimate of drug-likeness (QED) is 0.323. The van der Waals surface area contributed by atoms with Gasteiger partial charge in [0.15, 0.2) is 5.82 Å². The molecule has 2 heterocycles. The van der Waals surface area contributed by atoms with Crippen molar-refractivity contribution in [3.63, 3.8) is 0 Å². The highest BCUT2D eigenvalue weighted by molar-refractivity contribution is 5.61. The molecule has 3 atom stereocenters. The molecule has 0 spiro atoms. The molecule has 1 aliphatic rings. The second-order valence-electron chi connectivity index (χ2n) is 10.0. The molecule has 1 aliphatic heterocycles. The van der Waals surface area contributed by atoms with E-state index < -0.39 is 12.0 Å². The van der Waals surface area contributed by atoms with Crippen molar-refractivity contribution in [1.29, 1.82) is 10.5 Å². The van der Waals surface area contributed by atoms with Gasteiger partial charge in [0.05, 0.1) is 34.9 Å². The lowest BCUT2D eigenvalue weighted by atomic mass is 9.77. The Balaban J connectivity index is 1.41. The zero-order valence-corrected chi connectivity index (χ0v) is 21.7. The van der Waals surface area contributed by atoms with E-state index in [1.165, 1.54) is 10.7 Å². The monoisotopic (exact) mass is 523 g/mol. The lowest BCUT2D eigenvalue weighted by Gasteiger charge is -2.48. The lowest BCUT2D eigenvalue weighted by molar-refractivity contribution is 0.00716. The van der Waals surface area contributed by atoms with Crippen molar-refractivity contribution in [3.05, 3.63) is 100 Å². The summed E-state index contributed by atoms with van der Waals surface area (Å²) < 4.78 is 31.5. The van der Waals surface area contributed by atoms with Crippen molar-refractivity contribution in [1.82, 2.24) is 25.1 Å². The number of nitrogens with zero attached hydrogens (tertiary/aromatic N) is 7. The van der Waals surface area contributed by atoms with Gasteiger partial charge in [0.1, 0.15) is 12.0 Å². The first kappa shape index (κ1) is 26.1. The minimum atomic E-state index is -1.11. The Hall–Kier alpha value is -4.47. The third-order valence-corrected chi connectivity index (χ3v) is 7.58. The van der Waals surface area contributed by atoms with Crippen LogP contribution in [0.3, 0.4) is 0 Å². The molecule has 0 bridgehead atoms. The van der Waals surface area contributed by atoms with Gasteiger partial charge in [-0.05, 0) is 82.6 Å². The fraction of sp³-hybridized carbons (Fsp3) is 0.300. The van der Waals surface area contributed by atoms with Gasteiger partial charge in [-0.3, -0.25) is 4.90 Å². The number of benzene rings is 3. The molecule has 5 rings (SSSR count). The highest BCUT2D eigenvalue weighted by atomic mass is 19.1. The highest BCUT2D eigenvalue weighted by Crippen LogP contribution is 2.40. The van der Waals surface area contributed by atoms with Crippen LogP contribution in [0, 0.1) is 40.3 Å². The minimum absolute atomic E-state index is 0.0405. The number of aromatic nitrogens is 4. The van der Waals surface area contributed by atoms with Crippen molar-refractivity contribution in [3.8, 4) is 23.5 Å². The Kier molecular flexibility index (Phi) is 7.44. The number of nitriles is 2. The zero-order chi connectivity index (χ0) is 27.5. The summed E-state index contributed by atoms with van der Waals surface area (Å²) in [5.41, 5.74) is 4.07. The van der Waals surface area contributed by atoms with E-state index in [4.69, 9.17) is 0 Å². The first-order valence-electron chi connectivity index (χ1n) is 12.8. The largest absolute Gasteiger partial charge is 0.292 e. The first-order chi connectivity index (χ1) is 18.9. The van der Waals surface area contributed by atoms with Crippen LogP contribution in [-0.4, -0.2) is 44.4 Å². The fourth-order valence-corrected chi connectivity index (χ4v) is 5.55. The molecule has 4 aromatic rings. The summed E-state index contributed by atoms with van der Waals surface area (Å²) in [7, 11) is 1.65. The van der Waals surface area contributed by atoms with E-state index in [0.29, 0.717) is 47.6 Å². The number of likely N-dealkylation sites (tertiary alicyclic amines) is 1. The topological polar surface area (TPSA) is 94.4 Å². The second-order valence-corrected chi connectivity index (χ2v) is 10.0. The number of rotatable bonds is 8. The van der Waals surface area contributed by atoms with Gasteiger partial charge in [-0.25, -0.2) is 13.5 Å². The molecule has 3 unspecified atom stereocenters. The van der Waals surface area contributed by atoms with Crippen LogP contribution in [0.5, 0.6) is 0 Å². The summed E-state index contributed by atoms with van der Waals surface area (Å²) >= 11 is 0. The summed E-state index contributed by atoms with van der Waals surface area (Å²) in [5, 5.41) is 30.1. The predicted octanol–water partition coefficient (Wildman–Crippen LogP) is 5.00. The summed E-state index contributed by atoms with van der Waals surface area (Å²) in [6, 6.07) is 23.9. The van der Waals surface area contributed by atoms with E-state index in [9.17, 15) is 14.9 Å². The number of halogens is 2. The maximum Gasteiger partial charge on any atom is 0.184 e. The van der Waals surface area contributed by atoms with Crippen molar-refractivity contribution >= 4 is 0 Å². The number of aryl methyl sites for hydroxylation is 1. The molecule has 3 aromatic carbocycles. The third kappa shape index (κ3) is 5.27. The van der Waals surface area contributed by atoms with E-state index in [1.54, 1.807) is 38.2 Å². The third-order valence-electron chi connectivity index (χ3n) is 7.58. The predicted molar refractivity (Wildman–Crippen MR) is 141 cm³/mol. The van der Waals surface area contributed by atoms with E-state index in [2.05, 4.69) is 32.6 Å². The Morgan fingerprint density at radius 3 is 2.33 bits per heavy atom. The lowest BCUT2D eigenvalue weighted by Crippen LogP contribution is -2.53. The number of hydrogen-bond acceptors (Lipinski definition) is 6. The molecule has 0 aliphatic carbocycles. The minimum Gasteiger partial charge on any atom is -0.292 e. The molecule has 1 aromatic heterocycles. The molecular weight excluding hydrogens is 496 g/mol. The van der Waals surface area contributed by atoms with Crippen LogP contribution in [0.15, 0.2) is 66.7 Å². The molecule has 0 radical (unpaired) electrons. The van der Waals surface area contributed by atoms with Crippen LogP contribution in [-0.2, 0) is 13.5 Å². The second kappa shape index (κ2) is 11.1. The molecule has 196 valence electrons.